The van der Waals surface area contributed by atoms with Gasteiger partial charge < -0.3 is 4.90 Å². The predicted octanol–water partition coefficient (Wildman–Crippen LogP) is 2.58. The highest BCUT2D eigenvalue weighted by Crippen LogP contribution is 2.35. The van der Waals surface area contributed by atoms with Gasteiger partial charge in [-0.05, 0) is 56.2 Å². The zero-order valence-corrected chi connectivity index (χ0v) is 15.9. The van der Waals surface area contributed by atoms with Crippen LogP contribution in [0, 0.1) is 18.8 Å². The number of likely N-dealkylation sites (tertiary alicyclic amines) is 1. The van der Waals surface area contributed by atoms with Crippen molar-refractivity contribution in [2.75, 3.05) is 30.2 Å². The molecule has 0 saturated carbocycles. The van der Waals surface area contributed by atoms with E-state index in [9.17, 15) is 13.2 Å². The van der Waals surface area contributed by atoms with E-state index >= 15 is 0 Å². The lowest BCUT2D eigenvalue weighted by Crippen LogP contribution is -2.42. The van der Waals surface area contributed by atoms with Crippen molar-refractivity contribution in [3.05, 3.63) is 41.5 Å². The minimum absolute atomic E-state index is 0.112. The summed E-state index contributed by atoms with van der Waals surface area (Å²) < 4.78 is 25.7. The molecular weight excluding hydrogens is 336 g/mol. The van der Waals surface area contributed by atoms with Gasteiger partial charge in [0.1, 0.15) is 6.54 Å². The second kappa shape index (κ2) is 6.83. The van der Waals surface area contributed by atoms with Gasteiger partial charge in [0.05, 0.1) is 11.9 Å². The zero-order chi connectivity index (χ0) is 18.2. The first kappa shape index (κ1) is 18.0. The van der Waals surface area contributed by atoms with Crippen molar-refractivity contribution in [3.8, 4) is 0 Å². The van der Waals surface area contributed by atoms with E-state index in [-0.39, 0.29) is 12.5 Å². The number of nitrogens with zero attached hydrogens (tertiary/aromatic N) is 2. The molecule has 0 radical (unpaired) electrons. The van der Waals surface area contributed by atoms with Crippen LogP contribution in [0.1, 0.15) is 25.3 Å². The van der Waals surface area contributed by atoms with E-state index in [1.54, 1.807) is 12.1 Å². The minimum Gasteiger partial charge on any atom is -0.341 e. The number of amides is 1. The monoisotopic (exact) mass is 362 g/mol. The van der Waals surface area contributed by atoms with Crippen LogP contribution in [0.15, 0.2) is 35.9 Å². The van der Waals surface area contributed by atoms with Crippen molar-refractivity contribution in [1.82, 2.24) is 4.90 Å². The van der Waals surface area contributed by atoms with Gasteiger partial charge >= 0.3 is 0 Å². The summed E-state index contributed by atoms with van der Waals surface area (Å²) >= 11 is 0. The highest BCUT2D eigenvalue weighted by atomic mass is 32.2. The third-order valence-corrected chi connectivity index (χ3v) is 6.39. The fourth-order valence-electron chi connectivity index (χ4n) is 3.90. The fourth-order valence-corrected chi connectivity index (χ4v) is 4.74. The molecule has 2 atom stereocenters. The summed E-state index contributed by atoms with van der Waals surface area (Å²) in [4.78, 5) is 14.6. The second-order valence-corrected chi connectivity index (χ2v) is 9.32. The van der Waals surface area contributed by atoms with Gasteiger partial charge in [-0.15, -0.1) is 0 Å². The van der Waals surface area contributed by atoms with Crippen LogP contribution in [-0.2, 0) is 14.8 Å². The number of anilines is 1. The standard InChI is InChI=1S/C19H26N2O3S/c1-14-5-4-6-18(10-14)21(25(3,23)24)13-19(22)20-11-16-8-7-15(2)9-17(16)12-20/h4-7,10,16-17H,8-9,11-13H2,1-3H3/t16-,17+/m1/s1. The van der Waals surface area contributed by atoms with Crippen LogP contribution in [0.4, 0.5) is 5.69 Å². The van der Waals surface area contributed by atoms with Gasteiger partial charge in [0.15, 0.2) is 0 Å². The number of aryl methyl sites for hydroxylation is 1. The van der Waals surface area contributed by atoms with Crippen LogP contribution in [0.25, 0.3) is 0 Å². The molecule has 1 aliphatic carbocycles. The number of hydrogen-bond donors (Lipinski definition) is 0. The maximum Gasteiger partial charge on any atom is 0.243 e. The van der Waals surface area contributed by atoms with Crippen molar-refractivity contribution in [2.24, 2.45) is 11.8 Å². The molecule has 0 unspecified atom stereocenters. The highest BCUT2D eigenvalue weighted by Gasteiger charge is 2.37. The van der Waals surface area contributed by atoms with E-state index in [1.807, 2.05) is 24.0 Å². The fraction of sp³-hybridized carbons (Fsp3) is 0.526. The molecule has 25 heavy (non-hydrogen) atoms. The number of benzene rings is 1. The quantitative estimate of drug-likeness (QED) is 0.774. The molecule has 0 N–H and O–H groups in total. The van der Waals surface area contributed by atoms with E-state index in [0.29, 0.717) is 17.5 Å². The summed E-state index contributed by atoms with van der Waals surface area (Å²) in [5, 5.41) is 0. The maximum atomic E-state index is 12.8. The van der Waals surface area contributed by atoms with E-state index in [2.05, 4.69) is 13.0 Å². The van der Waals surface area contributed by atoms with Crippen molar-refractivity contribution in [3.63, 3.8) is 0 Å². The number of fused-ring (bicyclic) bond motifs is 1. The normalized spacial score (nSPS) is 23.2. The van der Waals surface area contributed by atoms with Gasteiger partial charge in [0, 0.05) is 13.1 Å². The Labute approximate surface area is 150 Å². The molecular formula is C19H26N2O3S. The number of carbonyl (C=O) groups excluding carboxylic acids is 1. The largest absolute Gasteiger partial charge is 0.341 e. The number of rotatable bonds is 4. The molecule has 1 aromatic carbocycles. The first-order valence-electron chi connectivity index (χ1n) is 8.72. The van der Waals surface area contributed by atoms with Gasteiger partial charge in [0.25, 0.3) is 0 Å². The Bertz CT molecular complexity index is 801. The van der Waals surface area contributed by atoms with Gasteiger partial charge in [-0.1, -0.05) is 23.8 Å². The summed E-state index contributed by atoms with van der Waals surface area (Å²) in [7, 11) is -3.52. The third kappa shape index (κ3) is 4.06. The van der Waals surface area contributed by atoms with Crippen molar-refractivity contribution < 1.29 is 13.2 Å². The Morgan fingerprint density at radius 2 is 1.96 bits per heavy atom. The molecule has 0 spiro atoms. The molecule has 1 fully saturated rings. The van der Waals surface area contributed by atoms with Crippen LogP contribution in [-0.4, -0.2) is 45.1 Å². The Kier molecular flexibility index (Phi) is 4.91. The van der Waals surface area contributed by atoms with Crippen LogP contribution < -0.4 is 4.31 Å². The number of carbonyl (C=O) groups is 1. The van der Waals surface area contributed by atoms with Crippen LogP contribution in [0.5, 0.6) is 0 Å². The summed E-state index contributed by atoms with van der Waals surface area (Å²) in [5.41, 5.74) is 2.91. The van der Waals surface area contributed by atoms with Gasteiger partial charge in [0.2, 0.25) is 15.9 Å². The smallest absolute Gasteiger partial charge is 0.243 e. The summed E-state index contributed by atoms with van der Waals surface area (Å²) in [5.74, 6) is 0.914. The zero-order valence-electron chi connectivity index (χ0n) is 15.1. The van der Waals surface area contributed by atoms with Crippen molar-refractivity contribution >= 4 is 21.6 Å². The number of hydrogen-bond acceptors (Lipinski definition) is 3. The molecule has 2 aliphatic rings. The Balaban J connectivity index is 1.74. The summed E-state index contributed by atoms with van der Waals surface area (Å²) in [6, 6.07) is 7.25. The highest BCUT2D eigenvalue weighted by molar-refractivity contribution is 7.92. The lowest BCUT2D eigenvalue weighted by molar-refractivity contribution is -0.128. The molecule has 1 saturated heterocycles. The lowest BCUT2D eigenvalue weighted by atomic mass is 9.83. The number of sulfonamides is 1. The molecule has 1 aliphatic heterocycles. The molecule has 1 amide bonds. The molecule has 1 heterocycles. The van der Waals surface area contributed by atoms with E-state index in [1.165, 1.54) is 9.88 Å². The average molecular weight is 362 g/mol. The molecule has 0 bridgehead atoms. The van der Waals surface area contributed by atoms with Gasteiger partial charge in [-0.25, -0.2) is 8.42 Å². The topological polar surface area (TPSA) is 57.7 Å². The summed E-state index contributed by atoms with van der Waals surface area (Å²) in [6.45, 7) is 5.39. The Hall–Kier alpha value is -1.82. The predicted molar refractivity (Wildman–Crippen MR) is 99.9 cm³/mol. The SMILES string of the molecule is CC1=CC[C@@H]2CN(C(=O)CN(c3cccc(C)c3)S(C)(=O)=O)C[C@@H]2C1. The average Bonchev–Trinajstić information content (AvgIpc) is 2.94. The molecule has 3 rings (SSSR count). The van der Waals surface area contributed by atoms with Gasteiger partial charge in [-0.2, -0.15) is 0 Å². The van der Waals surface area contributed by atoms with E-state index < -0.39 is 10.0 Å². The molecule has 5 nitrogen and oxygen atoms in total. The lowest BCUT2D eigenvalue weighted by Gasteiger charge is -2.25. The van der Waals surface area contributed by atoms with Crippen molar-refractivity contribution in [2.45, 2.75) is 26.7 Å². The Morgan fingerprint density at radius 1 is 1.24 bits per heavy atom. The van der Waals surface area contributed by atoms with Crippen LogP contribution >= 0.6 is 0 Å². The Morgan fingerprint density at radius 3 is 2.64 bits per heavy atom. The first-order valence-corrected chi connectivity index (χ1v) is 10.6. The summed E-state index contributed by atoms with van der Waals surface area (Å²) in [6.07, 6.45) is 5.49. The van der Waals surface area contributed by atoms with E-state index in [4.69, 9.17) is 0 Å². The molecule has 136 valence electrons. The third-order valence-electron chi connectivity index (χ3n) is 5.25. The second-order valence-electron chi connectivity index (χ2n) is 7.42. The van der Waals surface area contributed by atoms with Crippen LogP contribution in [0.3, 0.4) is 0 Å². The maximum absolute atomic E-state index is 12.8. The van der Waals surface area contributed by atoms with Gasteiger partial charge in [-0.3, -0.25) is 9.10 Å². The van der Waals surface area contributed by atoms with Crippen molar-refractivity contribution in [1.29, 1.82) is 0 Å². The number of allylic oxidation sites excluding steroid dienone is 2. The van der Waals surface area contributed by atoms with Crippen LogP contribution in [0.2, 0.25) is 0 Å². The minimum atomic E-state index is -3.52. The molecule has 1 aromatic rings. The first-order chi connectivity index (χ1) is 11.7. The van der Waals surface area contributed by atoms with E-state index in [0.717, 1.165) is 37.8 Å². The molecule has 0 aromatic heterocycles. The molecule has 6 heteroatoms.